The molecule has 1 fully saturated rings. The fourth-order valence-electron chi connectivity index (χ4n) is 3.46. The van der Waals surface area contributed by atoms with Gasteiger partial charge < -0.3 is 20.1 Å². The Kier molecular flexibility index (Phi) is 6.16. The quantitative estimate of drug-likeness (QED) is 0.749. The predicted molar refractivity (Wildman–Crippen MR) is 108 cm³/mol. The number of aryl methyl sites for hydroxylation is 1. The largest absolute Gasteiger partial charge is 0.495 e. The highest BCUT2D eigenvalue weighted by atomic mass is 16.5. The van der Waals surface area contributed by atoms with Crippen LogP contribution in [0, 0.1) is 12.8 Å². The van der Waals surface area contributed by atoms with E-state index in [1.165, 1.54) is 6.07 Å². The van der Waals surface area contributed by atoms with Crippen molar-refractivity contribution in [2.24, 2.45) is 5.92 Å². The summed E-state index contributed by atoms with van der Waals surface area (Å²) in [7, 11) is 1.55. The van der Waals surface area contributed by atoms with E-state index in [1.54, 1.807) is 24.1 Å². The summed E-state index contributed by atoms with van der Waals surface area (Å²) in [4.78, 5) is 37.7. The fraction of sp³-hybridized carbons (Fsp3) is 0.318. The summed E-state index contributed by atoms with van der Waals surface area (Å²) in [6.45, 7) is 2.62. The van der Waals surface area contributed by atoms with Gasteiger partial charge in [-0.1, -0.05) is 18.2 Å². The van der Waals surface area contributed by atoms with Crippen LogP contribution in [0.25, 0.3) is 0 Å². The summed E-state index contributed by atoms with van der Waals surface area (Å²) >= 11 is 0. The molecular weight excluding hydrogens is 372 g/mol. The molecule has 1 atom stereocenters. The molecule has 0 saturated carbocycles. The lowest BCUT2D eigenvalue weighted by Gasteiger charge is -2.20. The number of carbonyl (C=O) groups is 3. The lowest BCUT2D eigenvalue weighted by atomic mass is 10.1. The molecule has 2 N–H and O–H groups in total. The van der Waals surface area contributed by atoms with Crippen LogP contribution in [0.4, 0.5) is 5.69 Å². The second kappa shape index (κ2) is 8.77. The van der Waals surface area contributed by atoms with Crippen LogP contribution in [0.15, 0.2) is 42.5 Å². The van der Waals surface area contributed by atoms with Gasteiger partial charge in [0.05, 0.1) is 24.3 Å². The maximum Gasteiger partial charge on any atom is 0.335 e. The van der Waals surface area contributed by atoms with Crippen molar-refractivity contribution in [3.05, 3.63) is 59.2 Å². The van der Waals surface area contributed by atoms with Crippen molar-refractivity contribution < 1.29 is 24.2 Å². The van der Waals surface area contributed by atoms with Crippen LogP contribution in [0.5, 0.6) is 5.75 Å². The van der Waals surface area contributed by atoms with Crippen LogP contribution in [0.2, 0.25) is 0 Å². The zero-order chi connectivity index (χ0) is 21.0. The van der Waals surface area contributed by atoms with Crippen LogP contribution in [0.1, 0.15) is 27.9 Å². The third-order valence-corrected chi connectivity index (χ3v) is 5.01. The first kappa shape index (κ1) is 20.4. The van der Waals surface area contributed by atoms with Crippen LogP contribution in [0.3, 0.4) is 0 Å². The number of nitrogens with one attached hydrogen (secondary N) is 1. The van der Waals surface area contributed by atoms with E-state index in [4.69, 9.17) is 9.84 Å². The Morgan fingerprint density at radius 2 is 2.03 bits per heavy atom. The van der Waals surface area contributed by atoms with E-state index in [0.29, 0.717) is 30.9 Å². The van der Waals surface area contributed by atoms with E-state index in [9.17, 15) is 14.4 Å². The molecular formula is C22H24N2O5. The summed E-state index contributed by atoms with van der Waals surface area (Å²) in [5.41, 5.74) is 2.74. The standard InChI is InChI=1S/C22H24N2O5/c1-14-6-7-19(29-2)18(10-14)24-13-17(12-20(24)25)21(26)23-9-8-15-4-3-5-16(11-15)22(27)28/h3-7,10-11,17H,8-9,12-13H2,1-2H3,(H,23,26)(H,27,28). The van der Waals surface area contributed by atoms with Crippen molar-refractivity contribution in [3.8, 4) is 5.75 Å². The zero-order valence-electron chi connectivity index (χ0n) is 16.5. The van der Waals surface area contributed by atoms with Crippen molar-refractivity contribution in [2.75, 3.05) is 25.1 Å². The molecule has 0 spiro atoms. The van der Waals surface area contributed by atoms with Crippen molar-refractivity contribution in [2.45, 2.75) is 19.8 Å². The molecule has 3 rings (SSSR count). The Labute approximate surface area is 169 Å². The van der Waals surface area contributed by atoms with Gasteiger partial charge in [0.1, 0.15) is 5.75 Å². The number of carbonyl (C=O) groups excluding carboxylic acids is 2. The van der Waals surface area contributed by atoms with Gasteiger partial charge in [0.15, 0.2) is 0 Å². The fourth-order valence-corrected chi connectivity index (χ4v) is 3.46. The molecule has 2 aromatic rings. The van der Waals surface area contributed by atoms with Gasteiger partial charge in [-0.25, -0.2) is 4.79 Å². The molecule has 7 nitrogen and oxygen atoms in total. The highest BCUT2D eigenvalue weighted by Gasteiger charge is 2.36. The Morgan fingerprint density at radius 3 is 2.76 bits per heavy atom. The minimum atomic E-state index is -0.980. The SMILES string of the molecule is COc1ccc(C)cc1N1CC(C(=O)NCCc2cccc(C(=O)O)c2)CC1=O. The zero-order valence-corrected chi connectivity index (χ0v) is 16.5. The number of aromatic carboxylic acids is 1. The lowest BCUT2D eigenvalue weighted by molar-refractivity contribution is -0.126. The molecule has 1 saturated heterocycles. The molecule has 2 amide bonds. The molecule has 7 heteroatoms. The molecule has 1 heterocycles. The third kappa shape index (κ3) is 4.74. The Bertz CT molecular complexity index is 941. The van der Waals surface area contributed by atoms with E-state index < -0.39 is 11.9 Å². The van der Waals surface area contributed by atoms with E-state index >= 15 is 0 Å². The molecule has 1 unspecified atom stereocenters. The monoisotopic (exact) mass is 396 g/mol. The van der Waals surface area contributed by atoms with Crippen molar-refractivity contribution in [1.82, 2.24) is 5.32 Å². The third-order valence-electron chi connectivity index (χ3n) is 5.01. The van der Waals surface area contributed by atoms with E-state index in [1.807, 2.05) is 31.2 Å². The molecule has 0 bridgehead atoms. The molecule has 0 aromatic heterocycles. The number of rotatable bonds is 7. The van der Waals surface area contributed by atoms with Crippen molar-refractivity contribution >= 4 is 23.5 Å². The van der Waals surface area contributed by atoms with Gasteiger partial charge in [-0.2, -0.15) is 0 Å². The first-order valence-corrected chi connectivity index (χ1v) is 9.44. The number of hydrogen-bond donors (Lipinski definition) is 2. The first-order chi connectivity index (χ1) is 13.9. The number of methoxy groups -OCH3 is 1. The van der Waals surface area contributed by atoms with Gasteiger partial charge in [0.2, 0.25) is 11.8 Å². The topological polar surface area (TPSA) is 95.9 Å². The van der Waals surface area contributed by atoms with Crippen molar-refractivity contribution in [3.63, 3.8) is 0 Å². The molecule has 152 valence electrons. The summed E-state index contributed by atoms with van der Waals surface area (Å²) in [6.07, 6.45) is 0.667. The Balaban J connectivity index is 1.59. The number of benzene rings is 2. The maximum absolute atomic E-state index is 12.5. The number of hydrogen-bond acceptors (Lipinski definition) is 4. The summed E-state index contributed by atoms with van der Waals surface area (Å²) in [5, 5.41) is 11.9. The second-order valence-corrected chi connectivity index (χ2v) is 7.13. The van der Waals surface area contributed by atoms with Crippen LogP contribution in [-0.2, 0) is 16.0 Å². The average Bonchev–Trinajstić information content (AvgIpc) is 3.09. The number of ether oxygens (including phenoxy) is 1. The van der Waals surface area contributed by atoms with Crippen LogP contribution < -0.4 is 15.0 Å². The molecule has 2 aromatic carbocycles. The summed E-state index contributed by atoms with van der Waals surface area (Å²) in [6, 6.07) is 12.2. The van der Waals surface area contributed by atoms with E-state index in [-0.39, 0.29) is 23.8 Å². The second-order valence-electron chi connectivity index (χ2n) is 7.13. The number of anilines is 1. The minimum Gasteiger partial charge on any atom is -0.495 e. The van der Waals surface area contributed by atoms with Crippen LogP contribution >= 0.6 is 0 Å². The number of carboxylic acids is 1. The van der Waals surface area contributed by atoms with E-state index in [2.05, 4.69) is 5.32 Å². The number of carboxylic acid groups (broad SMARTS) is 1. The van der Waals surface area contributed by atoms with Crippen LogP contribution in [-0.4, -0.2) is 43.1 Å². The normalized spacial score (nSPS) is 16.0. The van der Waals surface area contributed by atoms with E-state index in [0.717, 1.165) is 11.1 Å². The molecule has 1 aliphatic rings. The predicted octanol–water partition coefficient (Wildman–Crippen LogP) is 2.41. The van der Waals surface area contributed by atoms with Gasteiger partial charge in [0.25, 0.3) is 0 Å². The van der Waals surface area contributed by atoms with Gasteiger partial charge in [-0.3, -0.25) is 9.59 Å². The Hall–Kier alpha value is -3.35. The van der Waals surface area contributed by atoms with Gasteiger partial charge in [0, 0.05) is 19.5 Å². The average molecular weight is 396 g/mol. The highest BCUT2D eigenvalue weighted by molar-refractivity contribution is 6.01. The summed E-state index contributed by atoms with van der Waals surface area (Å²) < 4.78 is 5.36. The number of amides is 2. The van der Waals surface area contributed by atoms with Gasteiger partial charge >= 0.3 is 5.97 Å². The Morgan fingerprint density at radius 1 is 1.24 bits per heavy atom. The molecule has 1 aliphatic heterocycles. The smallest absolute Gasteiger partial charge is 0.335 e. The molecule has 29 heavy (non-hydrogen) atoms. The molecule has 0 radical (unpaired) electrons. The van der Waals surface area contributed by atoms with Gasteiger partial charge in [-0.05, 0) is 48.7 Å². The first-order valence-electron chi connectivity index (χ1n) is 9.44. The van der Waals surface area contributed by atoms with Gasteiger partial charge in [-0.15, -0.1) is 0 Å². The minimum absolute atomic E-state index is 0.108. The number of nitrogens with zero attached hydrogens (tertiary/aromatic N) is 1. The molecule has 0 aliphatic carbocycles. The lowest BCUT2D eigenvalue weighted by Crippen LogP contribution is -2.34. The maximum atomic E-state index is 12.5. The highest BCUT2D eigenvalue weighted by Crippen LogP contribution is 2.33. The van der Waals surface area contributed by atoms with Crippen molar-refractivity contribution in [1.29, 1.82) is 0 Å². The summed E-state index contributed by atoms with van der Waals surface area (Å²) in [5.74, 6) is -1.10.